The Morgan fingerprint density at radius 3 is 1.64 bits per heavy atom. The Morgan fingerprint density at radius 1 is 0.722 bits per heavy atom. The van der Waals surface area contributed by atoms with Crippen molar-refractivity contribution in [3.63, 3.8) is 0 Å². The molecule has 0 radical (unpaired) electrons. The second-order valence-corrected chi connectivity index (χ2v) is 10.3. The van der Waals surface area contributed by atoms with Gasteiger partial charge in [-0.05, 0) is 38.5 Å². The van der Waals surface area contributed by atoms with Crippen LogP contribution in [0.2, 0.25) is 0 Å². The van der Waals surface area contributed by atoms with E-state index in [0.29, 0.717) is 26.1 Å². The van der Waals surface area contributed by atoms with Crippen LogP contribution in [0.15, 0.2) is 12.7 Å². The zero-order valence-corrected chi connectivity index (χ0v) is 23.2. The lowest BCUT2D eigenvalue weighted by Gasteiger charge is -2.36. The van der Waals surface area contributed by atoms with E-state index in [9.17, 15) is 14.4 Å². The van der Waals surface area contributed by atoms with Gasteiger partial charge in [-0.15, -0.1) is 0 Å². The zero-order chi connectivity index (χ0) is 26.5. The summed E-state index contributed by atoms with van der Waals surface area (Å²) < 4.78 is 16.5. The van der Waals surface area contributed by atoms with Crippen LogP contribution in [0.5, 0.6) is 0 Å². The minimum atomic E-state index is -1.33. The lowest BCUT2D eigenvalue weighted by atomic mass is 9.78. The first kappa shape index (κ1) is 32.2. The fourth-order valence-corrected chi connectivity index (χ4v) is 4.78. The van der Waals surface area contributed by atoms with Gasteiger partial charge in [0.05, 0.1) is 19.1 Å². The highest BCUT2D eigenvalue weighted by molar-refractivity contribution is 5.88. The summed E-state index contributed by atoms with van der Waals surface area (Å²) in [5, 5.41) is 0. The van der Waals surface area contributed by atoms with Gasteiger partial charge >= 0.3 is 17.9 Å². The number of hydrogen-bond donors (Lipinski definition) is 0. The lowest BCUT2D eigenvalue weighted by Crippen LogP contribution is -2.48. The van der Waals surface area contributed by atoms with Crippen LogP contribution in [0.4, 0.5) is 0 Å². The molecule has 208 valence electrons. The highest BCUT2D eigenvalue weighted by atomic mass is 16.6. The predicted octanol–water partition coefficient (Wildman–Crippen LogP) is 7.62. The summed E-state index contributed by atoms with van der Waals surface area (Å²) in [4.78, 5) is 37.4. The van der Waals surface area contributed by atoms with Gasteiger partial charge in [0.25, 0.3) is 0 Å². The van der Waals surface area contributed by atoms with E-state index in [-0.39, 0.29) is 24.7 Å². The molecule has 36 heavy (non-hydrogen) atoms. The van der Waals surface area contributed by atoms with Gasteiger partial charge in [0.1, 0.15) is 0 Å². The molecule has 1 aliphatic rings. The Kier molecular flexibility index (Phi) is 18.1. The molecule has 1 saturated carbocycles. The van der Waals surface area contributed by atoms with Crippen molar-refractivity contribution >= 4 is 17.9 Å². The van der Waals surface area contributed by atoms with Crippen LogP contribution >= 0.6 is 0 Å². The summed E-state index contributed by atoms with van der Waals surface area (Å²) in [6.07, 6.45) is 20.1. The Bertz CT molecular complexity index is 621. The molecular formula is C30H52O6. The average molecular weight is 509 g/mol. The molecule has 0 heterocycles. The molecule has 0 bridgehead atoms. The fraction of sp³-hybridized carbons (Fsp3) is 0.833. The highest BCUT2D eigenvalue weighted by Crippen LogP contribution is 2.37. The highest BCUT2D eigenvalue weighted by Gasteiger charge is 2.48. The number of ether oxygens (including phenoxy) is 3. The van der Waals surface area contributed by atoms with Crippen molar-refractivity contribution in [3.8, 4) is 0 Å². The van der Waals surface area contributed by atoms with E-state index in [2.05, 4.69) is 20.4 Å². The summed E-state index contributed by atoms with van der Waals surface area (Å²) in [6, 6.07) is 0. The minimum absolute atomic E-state index is 0.209. The number of unbranched alkanes of at least 4 members (excludes halogenated alkanes) is 13. The molecule has 0 spiro atoms. The van der Waals surface area contributed by atoms with E-state index in [4.69, 9.17) is 14.2 Å². The summed E-state index contributed by atoms with van der Waals surface area (Å²) in [5.41, 5.74) is -1.33. The third-order valence-electron chi connectivity index (χ3n) is 7.18. The first-order valence-corrected chi connectivity index (χ1v) is 14.7. The molecule has 0 unspecified atom stereocenters. The molecular weight excluding hydrogens is 456 g/mol. The molecule has 0 amide bonds. The second kappa shape index (κ2) is 20.2. The van der Waals surface area contributed by atoms with E-state index >= 15 is 0 Å². The molecule has 1 rings (SSSR count). The van der Waals surface area contributed by atoms with Crippen LogP contribution in [-0.4, -0.2) is 36.7 Å². The molecule has 6 heteroatoms. The van der Waals surface area contributed by atoms with Crippen molar-refractivity contribution < 1.29 is 28.6 Å². The number of hydrogen-bond acceptors (Lipinski definition) is 6. The molecule has 0 aromatic carbocycles. The molecule has 1 fully saturated rings. The standard InChI is InChI=1S/C30H52O6/c1-4-7-9-11-12-13-14-15-17-18-24-34-28(32)26-20-22-30(23-21-26,36-27(31)6-3)29(33)35-25-19-16-10-8-5-2/h6,26H,3-5,7-25H2,1-2H3. The Balaban J connectivity index is 2.31. The molecule has 0 aliphatic heterocycles. The van der Waals surface area contributed by atoms with E-state index in [1.807, 2.05) is 0 Å². The van der Waals surface area contributed by atoms with Gasteiger partial charge in [-0.2, -0.15) is 0 Å². The zero-order valence-electron chi connectivity index (χ0n) is 23.2. The number of esters is 3. The van der Waals surface area contributed by atoms with Crippen LogP contribution in [0.3, 0.4) is 0 Å². The van der Waals surface area contributed by atoms with Gasteiger partial charge < -0.3 is 14.2 Å². The monoisotopic (exact) mass is 508 g/mol. The van der Waals surface area contributed by atoms with Crippen molar-refractivity contribution in [1.82, 2.24) is 0 Å². The second-order valence-electron chi connectivity index (χ2n) is 10.3. The molecule has 0 atom stereocenters. The van der Waals surface area contributed by atoms with Gasteiger partial charge in [-0.3, -0.25) is 4.79 Å². The smallest absolute Gasteiger partial charge is 0.350 e. The maximum Gasteiger partial charge on any atom is 0.350 e. The largest absolute Gasteiger partial charge is 0.465 e. The first-order valence-electron chi connectivity index (χ1n) is 14.7. The van der Waals surface area contributed by atoms with Crippen LogP contribution < -0.4 is 0 Å². The van der Waals surface area contributed by atoms with Crippen LogP contribution in [0.1, 0.15) is 136 Å². The normalized spacial score (nSPS) is 19.4. The third-order valence-corrected chi connectivity index (χ3v) is 7.18. The minimum Gasteiger partial charge on any atom is -0.465 e. The topological polar surface area (TPSA) is 78.9 Å². The van der Waals surface area contributed by atoms with E-state index in [0.717, 1.165) is 44.6 Å². The molecule has 1 aliphatic carbocycles. The van der Waals surface area contributed by atoms with Crippen molar-refractivity contribution in [1.29, 1.82) is 0 Å². The van der Waals surface area contributed by atoms with Gasteiger partial charge in [-0.1, -0.05) is 104 Å². The van der Waals surface area contributed by atoms with Crippen molar-refractivity contribution in [2.75, 3.05) is 13.2 Å². The number of carbonyl (C=O) groups excluding carboxylic acids is 3. The van der Waals surface area contributed by atoms with Gasteiger partial charge in [-0.25, -0.2) is 9.59 Å². The summed E-state index contributed by atoms with van der Waals surface area (Å²) in [6.45, 7) is 8.60. The summed E-state index contributed by atoms with van der Waals surface area (Å²) in [5.74, 6) is -1.63. The van der Waals surface area contributed by atoms with Crippen molar-refractivity contribution in [2.24, 2.45) is 5.92 Å². The van der Waals surface area contributed by atoms with Crippen LogP contribution in [0.25, 0.3) is 0 Å². The Morgan fingerprint density at radius 2 is 1.17 bits per heavy atom. The predicted molar refractivity (Wildman–Crippen MR) is 143 cm³/mol. The summed E-state index contributed by atoms with van der Waals surface area (Å²) in [7, 11) is 0. The maximum absolute atomic E-state index is 12.9. The van der Waals surface area contributed by atoms with Crippen LogP contribution in [-0.2, 0) is 28.6 Å². The molecule has 0 aromatic heterocycles. The van der Waals surface area contributed by atoms with Crippen molar-refractivity contribution in [2.45, 2.75) is 141 Å². The maximum atomic E-state index is 12.9. The average Bonchev–Trinajstić information content (AvgIpc) is 2.89. The quantitative estimate of drug-likeness (QED) is 0.0686. The molecule has 0 saturated heterocycles. The molecule has 6 nitrogen and oxygen atoms in total. The van der Waals surface area contributed by atoms with E-state index in [1.54, 1.807) is 0 Å². The third kappa shape index (κ3) is 13.5. The number of rotatable bonds is 21. The fourth-order valence-electron chi connectivity index (χ4n) is 4.78. The van der Waals surface area contributed by atoms with E-state index < -0.39 is 17.5 Å². The lowest BCUT2D eigenvalue weighted by molar-refractivity contribution is -0.186. The molecule has 0 aromatic rings. The SMILES string of the molecule is C=CC(=O)OC1(C(=O)OCCCCCCC)CCC(C(=O)OCCCCCCCCCCCC)CC1. The first-order chi connectivity index (χ1) is 17.5. The molecule has 0 N–H and O–H groups in total. The Labute approximate surface area is 219 Å². The Hall–Kier alpha value is -1.85. The number of carbonyl (C=O) groups is 3. The van der Waals surface area contributed by atoms with Crippen molar-refractivity contribution in [3.05, 3.63) is 12.7 Å². The van der Waals surface area contributed by atoms with Gasteiger partial charge in [0.2, 0.25) is 5.60 Å². The summed E-state index contributed by atoms with van der Waals surface area (Å²) >= 11 is 0. The van der Waals surface area contributed by atoms with Gasteiger partial charge in [0.15, 0.2) is 0 Å². The van der Waals surface area contributed by atoms with Crippen LogP contribution in [0, 0.1) is 5.92 Å². The van der Waals surface area contributed by atoms with E-state index in [1.165, 1.54) is 57.8 Å². The van der Waals surface area contributed by atoms with Gasteiger partial charge in [0, 0.05) is 6.08 Å².